The van der Waals surface area contributed by atoms with Gasteiger partial charge in [0.15, 0.2) is 5.69 Å². The van der Waals surface area contributed by atoms with Gasteiger partial charge in [0.25, 0.3) is 0 Å². The summed E-state index contributed by atoms with van der Waals surface area (Å²) in [5.74, 6) is -0.348. The third-order valence-corrected chi connectivity index (χ3v) is 2.39. The van der Waals surface area contributed by atoms with Crippen LogP contribution in [0, 0.1) is 0 Å². The summed E-state index contributed by atoms with van der Waals surface area (Å²) in [4.78, 5) is 11.7. The van der Waals surface area contributed by atoms with Gasteiger partial charge in [-0.1, -0.05) is 25.1 Å². The first kappa shape index (κ1) is 10.7. The van der Waals surface area contributed by atoms with Crippen LogP contribution >= 0.6 is 0 Å². The first-order chi connectivity index (χ1) is 7.74. The standard InChI is InChI=1S/C12H14N2O2/c1-3-8-16-12(15)11-9-6-4-5-7-10(9)14(2)13-11/h4-7H,3,8H2,1-2H3. The topological polar surface area (TPSA) is 44.1 Å². The number of carbonyl (C=O) groups excluding carboxylic acids is 1. The molecule has 0 atom stereocenters. The van der Waals surface area contributed by atoms with Crippen LogP contribution in [0.1, 0.15) is 23.8 Å². The van der Waals surface area contributed by atoms with Gasteiger partial charge >= 0.3 is 5.97 Å². The van der Waals surface area contributed by atoms with Gasteiger partial charge in [-0.2, -0.15) is 5.10 Å². The number of hydrogen-bond acceptors (Lipinski definition) is 3. The van der Waals surface area contributed by atoms with E-state index in [1.165, 1.54) is 0 Å². The highest BCUT2D eigenvalue weighted by Crippen LogP contribution is 2.17. The normalized spacial score (nSPS) is 10.6. The minimum atomic E-state index is -0.348. The van der Waals surface area contributed by atoms with Crippen LogP contribution in [0.2, 0.25) is 0 Å². The fraction of sp³-hybridized carbons (Fsp3) is 0.333. The van der Waals surface area contributed by atoms with Gasteiger partial charge < -0.3 is 4.74 Å². The summed E-state index contributed by atoms with van der Waals surface area (Å²) < 4.78 is 6.78. The molecule has 0 saturated heterocycles. The first-order valence-corrected chi connectivity index (χ1v) is 5.33. The molecule has 16 heavy (non-hydrogen) atoms. The number of hydrogen-bond donors (Lipinski definition) is 0. The summed E-state index contributed by atoms with van der Waals surface area (Å²) in [6.45, 7) is 2.40. The number of benzene rings is 1. The number of fused-ring (bicyclic) bond motifs is 1. The Bertz CT molecular complexity index is 517. The second kappa shape index (κ2) is 4.35. The molecule has 0 aliphatic rings. The molecule has 1 aromatic heterocycles. The van der Waals surface area contributed by atoms with Crippen molar-refractivity contribution in [3.63, 3.8) is 0 Å². The highest BCUT2D eigenvalue weighted by molar-refractivity contribution is 6.02. The molecular formula is C12H14N2O2. The lowest BCUT2D eigenvalue weighted by atomic mass is 10.2. The SMILES string of the molecule is CCCOC(=O)c1nn(C)c2ccccc12. The molecule has 0 radical (unpaired) electrons. The van der Waals surface area contributed by atoms with Crippen molar-refractivity contribution in [2.24, 2.45) is 7.05 Å². The maximum Gasteiger partial charge on any atom is 0.359 e. The molecule has 0 aliphatic carbocycles. The van der Waals surface area contributed by atoms with Crippen LogP contribution in [-0.2, 0) is 11.8 Å². The van der Waals surface area contributed by atoms with Crippen LogP contribution < -0.4 is 0 Å². The minimum Gasteiger partial charge on any atom is -0.461 e. The highest BCUT2D eigenvalue weighted by atomic mass is 16.5. The van der Waals surface area contributed by atoms with Crippen molar-refractivity contribution in [1.29, 1.82) is 0 Å². The molecule has 0 fully saturated rings. The maximum atomic E-state index is 11.7. The van der Waals surface area contributed by atoms with E-state index >= 15 is 0 Å². The lowest BCUT2D eigenvalue weighted by molar-refractivity contribution is 0.0499. The average molecular weight is 218 g/mol. The molecule has 1 aromatic carbocycles. The molecule has 0 saturated carbocycles. The summed E-state index contributed by atoms with van der Waals surface area (Å²) >= 11 is 0. The van der Waals surface area contributed by atoms with E-state index in [0.29, 0.717) is 12.3 Å². The largest absolute Gasteiger partial charge is 0.461 e. The molecule has 84 valence electrons. The quantitative estimate of drug-likeness (QED) is 0.741. The van der Waals surface area contributed by atoms with E-state index in [1.54, 1.807) is 4.68 Å². The van der Waals surface area contributed by atoms with Crippen molar-refractivity contribution >= 4 is 16.9 Å². The maximum absolute atomic E-state index is 11.7. The van der Waals surface area contributed by atoms with Crippen molar-refractivity contribution in [2.45, 2.75) is 13.3 Å². The van der Waals surface area contributed by atoms with E-state index < -0.39 is 0 Å². The average Bonchev–Trinajstić information content (AvgIpc) is 2.65. The monoisotopic (exact) mass is 218 g/mol. The highest BCUT2D eigenvalue weighted by Gasteiger charge is 2.16. The summed E-state index contributed by atoms with van der Waals surface area (Å²) in [5.41, 5.74) is 1.33. The number of rotatable bonds is 3. The number of para-hydroxylation sites is 1. The van der Waals surface area contributed by atoms with E-state index in [2.05, 4.69) is 5.10 Å². The number of aryl methyl sites for hydroxylation is 1. The van der Waals surface area contributed by atoms with Gasteiger partial charge in [-0.25, -0.2) is 4.79 Å². The molecule has 0 spiro atoms. The first-order valence-electron chi connectivity index (χ1n) is 5.33. The molecule has 1 heterocycles. The molecular weight excluding hydrogens is 204 g/mol. The van der Waals surface area contributed by atoms with Gasteiger partial charge in [-0.3, -0.25) is 4.68 Å². The Kier molecular flexibility index (Phi) is 2.90. The van der Waals surface area contributed by atoms with E-state index in [4.69, 9.17) is 4.74 Å². The molecule has 0 N–H and O–H groups in total. The number of carbonyl (C=O) groups is 1. The van der Waals surface area contributed by atoms with Crippen molar-refractivity contribution in [2.75, 3.05) is 6.61 Å². The van der Waals surface area contributed by atoms with Crippen molar-refractivity contribution in [3.05, 3.63) is 30.0 Å². The summed E-state index contributed by atoms with van der Waals surface area (Å²) in [7, 11) is 1.82. The summed E-state index contributed by atoms with van der Waals surface area (Å²) in [6, 6.07) is 7.62. The second-order valence-electron chi connectivity index (χ2n) is 3.63. The molecule has 0 aliphatic heterocycles. The van der Waals surface area contributed by atoms with Crippen LogP contribution in [-0.4, -0.2) is 22.4 Å². The Morgan fingerprint density at radius 2 is 2.19 bits per heavy atom. The van der Waals surface area contributed by atoms with Crippen LogP contribution in [0.3, 0.4) is 0 Å². The van der Waals surface area contributed by atoms with Gasteiger partial charge in [0.05, 0.1) is 12.1 Å². The molecule has 0 bridgehead atoms. The van der Waals surface area contributed by atoms with Crippen LogP contribution in [0.5, 0.6) is 0 Å². The number of ether oxygens (including phenoxy) is 1. The lowest BCUT2D eigenvalue weighted by Gasteiger charge is -1.99. The summed E-state index contributed by atoms with van der Waals surface area (Å²) in [6.07, 6.45) is 0.816. The summed E-state index contributed by atoms with van der Waals surface area (Å²) in [5, 5.41) is 5.02. The Balaban J connectivity index is 2.41. The molecule has 0 amide bonds. The predicted molar refractivity (Wildman–Crippen MR) is 61.3 cm³/mol. The second-order valence-corrected chi connectivity index (χ2v) is 3.63. The third kappa shape index (κ3) is 1.78. The molecule has 4 heteroatoms. The zero-order valence-electron chi connectivity index (χ0n) is 9.43. The van der Waals surface area contributed by atoms with E-state index in [9.17, 15) is 4.79 Å². The third-order valence-electron chi connectivity index (χ3n) is 2.39. The molecule has 0 unspecified atom stereocenters. The zero-order chi connectivity index (χ0) is 11.5. The van der Waals surface area contributed by atoms with E-state index in [-0.39, 0.29) is 5.97 Å². The van der Waals surface area contributed by atoms with Gasteiger partial charge in [-0.15, -0.1) is 0 Å². The molecule has 2 rings (SSSR count). The van der Waals surface area contributed by atoms with Crippen LogP contribution in [0.4, 0.5) is 0 Å². The molecule has 4 nitrogen and oxygen atoms in total. The fourth-order valence-electron chi connectivity index (χ4n) is 1.63. The van der Waals surface area contributed by atoms with E-state index in [0.717, 1.165) is 17.3 Å². The van der Waals surface area contributed by atoms with Crippen molar-refractivity contribution in [1.82, 2.24) is 9.78 Å². The van der Waals surface area contributed by atoms with Gasteiger partial charge in [0.1, 0.15) is 0 Å². The lowest BCUT2D eigenvalue weighted by Crippen LogP contribution is -2.07. The zero-order valence-corrected chi connectivity index (χ0v) is 9.43. The Morgan fingerprint density at radius 1 is 1.44 bits per heavy atom. The Labute approximate surface area is 93.8 Å². The van der Waals surface area contributed by atoms with Crippen molar-refractivity contribution in [3.8, 4) is 0 Å². The number of nitrogens with zero attached hydrogens (tertiary/aromatic N) is 2. The Morgan fingerprint density at radius 3 is 2.94 bits per heavy atom. The smallest absolute Gasteiger partial charge is 0.359 e. The molecule has 2 aromatic rings. The Hall–Kier alpha value is -1.84. The minimum absolute atomic E-state index is 0.348. The van der Waals surface area contributed by atoms with E-state index in [1.807, 2.05) is 38.2 Å². The van der Waals surface area contributed by atoms with Crippen LogP contribution in [0.15, 0.2) is 24.3 Å². The van der Waals surface area contributed by atoms with Gasteiger partial charge in [0, 0.05) is 12.4 Å². The van der Waals surface area contributed by atoms with Crippen LogP contribution in [0.25, 0.3) is 10.9 Å². The number of aromatic nitrogens is 2. The number of esters is 1. The van der Waals surface area contributed by atoms with Gasteiger partial charge in [0.2, 0.25) is 0 Å². The van der Waals surface area contributed by atoms with Crippen molar-refractivity contribution < 1.29 is 9.53 Å². The predicted octanol–water partition coefficient (Wildman–Crippen LogP) is 2.14. The van der Waals surface area contributed by atoms with Gasteiger partial charge in [-0.05, 0) is 12.5 Å². The fourth-order valence-corrected chi connectivity index (χ4v) is 1.63.